The Morgan fingerprint density at radius 3 is 2.46 bits per heavy atom. The van der Waals surface area contributed by atoms with Gasteiger partial charge in [-0.05, 0) is 81.7 Å². The highest BCUT2D eigenvalue weighted by Gasteiger charge is 2.51. The molecule has 220 valence electrons. The summed E-state index contributed by atoms with van der Waals surface area (Å²) in [4.78, 5) is 22.2. The number of oxime groups is 1. The van der Waals surface area contributed by atoms with Crippen molar-refractivity contribution in [2.24, 2.45) is 10.6 Å². The lowest BCUT2D eigenvalue weighted by Gasteiger charge is -2.46. The molecule has 0 bridgehead atoms. The third-order valence-electron chi connectivity index (χ3n) is 9.03. The summed E-state index contributed by atoms with van der Waals surface area (Å²) in [7, 11) is 0. The number of rotatable bonds is 9. The third-order valence-corrected chi connectivity index (χ3v) is 9.03. The number of likely N-dealkylation sites (tertiary alicyclic amines) is 2. The minimum atomic E-state index is -0.717. The number of hydrogen-bond acceptors (Lipinski definition) is 7. The molecule has 3 fully saturated rings. The van der Waals surface area contributed by atoms with E-state index in [1.54, 1.807) is 0 Å². The lowest BCUT2D eigenvalue weighted by Crippen LogP contribution is -2.61. The van der Waals surface area contributed by atoms with Crippen LogP contribution in [0.3, 0.4) is 0 Å². The quantitative estimate of drug-likeness (QED) is 0.421. The zero-order valence-corrected chi connectivity index (χ0v) is 24.2. The van der Waals surface area contributed by atoms with Gasteiger partial charge in [0.25, 0.3) is 0 Å². The lowest BCUT2D eigenvalue weighted by atomic mass is 9.80. The highest BCUT2D eigenvalue weighted by Crippen LogP contribution is 2.50. The van der Waals surface area contributed by atoms with Crippen molar-refractivity contribution in [2.45, 2.75) is 70.9 Å². The molecule has 0 radical (unpaired) electrons. The summed E-state index contributed by atoms with van der Waals surface area (Å²) in [6.45, 7) is 10.5. The summed E-state index contributed by atoms with van der Waals surface area (Å²) in [5.74, 6) is 1.74. The summed E-state index contributed by atoms with van der Waals surface area (Å²) >= 11 is 0. The summed E-state index contributed by atoms with van der Waals surface area (Å²) in [5, 5.41) is 14.0. The molecule has 1 spiro atoms. The molecule has 1 saturated carbocycles. The Morgan fingerprint density at radius 2 is 1.80 bits per heavy atom. The van der Waals surface area contributed by atoms with Gasteiger partial charge >= 0.3 is 5.97 Å². The van der Waals surface area contributed by atoms with Gasteiger partial charge in [-0.1, -0.05) is 11.2 Å². The van der Waals surface area contributed by atoms with Crippen molar-refractivity contribution >= 4 is 11.8 Å². The zero-order valence-electron chi connectivity index (χ0n) is 24.2. The summed E-state index contributed by atoms with van der Waals surface area (Å²) in [6, 6.07) is 9.18. The zero-order chi connectivity index (χ0) is 28.8. The number of aliphatic carboxylic acids is 1. The van der Waals surface area contributed by atoms with Crippen LogP contribution in [0.15, 0.2) is 35.5 Å². The predicted molar refractivity (Wildman–Crippen MR) is 154 cm³/mol. The van der Waals surface area contributed by atoms with Crippen molar-refractivity contribution in [1.29, 1.82) is 0 Å². The molecule has 0 unspecified atom stereocenters. The van der Waals surface area contributed by atoms with E-state index >= 15 is 0 Å². The standard InChI is InChI=1S/C32H40FN3O5/c1-4-39-26-16-23(33)8-9-24(26)29-25(22-6-7-22)14-21(15-27(29)40-5-2)18-35-19-32(20-35)17-28(34-41-32)36-12-10-31(3,11-13-36)30(37)38/h8-9,14-16,22H,4-7,10-13,17-20H2,1-3H3,(H,37,38). The number of carbonyl (C=O) groups is 1. The van der Waals surface area contributed by atoms with Crippen molar-refractivity contribution in [3.05, 3.63) is 47.3 Å². The first-order valence-electron chi connectivity index (χ1n) is 14.9. The molecular formula is C32H40FN3O5. The van der Waals surface area contributed by atoms with Crippen LogP contribution in [0.4, 0.5) is 4.39 Å². The Bertz CT molecular complexity index is 1340. The van der Waals surface area contributed by atoms with Crippen LogP contribution in [0.1, 0.15) is 69.9 Å². The highest BCUT2D eigenvalue weighted by molar-refractivity contribution is 5.85. The van der Waals surface area contributed by atoms with Gasteiger partial charge < -0.3 is 24.3 Å². The molecule has 0 atom stereocenters. The van der Waals surface area contributed by atoms with Gasteiger partial charge in [-0.3, -0.25) is 9.69 Å². The Kier molecular flexibility index (Phi) is 7.34. The highest BCUT2D eigenvalue weighted by atomic mass is 19.1. The van der Waals surface area contributed by atoms with E-state index in [0.29, 0.717) is 50.8 Å². The number of nitrogens with zero attached hydrogens (tertiary/aromatic N) is 3. The van der Waals surface area contributed by atoms with Crippen molar-refractivity contribution in [2.75, 3.05) is 39.4 Å². The van der Waals surface area contributed by atoms with Gasteiger partial charge in [0, 0.05) is 49.9 Å². The maximum Gasteiger partial charge on any atom is 0.309 e. The summed E-state index contributed by atoms with van der Waals surface area (Å²) in [6.07, 6.45) is 4.26. The van der Waals surface area contributed by atoms with Crippen LogP contribution in [-0.4, -0.2) is 71.7 Å². The monoisotopic (exact) mass is 565 g/mol. The number of piperidine rings is 1. The van der Waals surface area contributed by atoms with E-state index in [4.69, 9.17) is 14.3 Å². The van der Waals surface area contributed by atoms with Crippen molar-refractivity contribution in [3.8, 4) is 22.6 Å². The average Bonchev–Trinajstić information content (AvgIpc) is 3.68. The first kappa shape index (κ1) is 27.8. The third kappa shape index (κ3) is 5.48. The van der Waals surface area contributed by atoms with Gasteiger partial charge in [0.1, 0.15) is 23.2 Å². The van der Waals surface area contributed by atoms with Gasteiger partial charge in [-0.15, -0.1) is 0 Å². The van der Waals surface area contributed by atoms with E-state index in [2.05, 4.69) is 27.1 Å². The number of carboxylic acid groups (broad SMARTS) is 1. The first-order chi connectivity index (χ1) is 19.7. The second-order valence-electron chi connectivity index (χ2n) is 12.3. The average molecular weight is 566 g/mol. The van der Waals surface area contributed by atoms with Crippen LogP contribution in [0.25, 0.3) is 11.1 Å². The van der Waals surface area contributed by atoms with Crippen LogP contribution in [-0.2, 0) is 16.2 Å². The molecule has 6 rings (SSSR count). The number of amidine groups is 1. The lowest BCUT2D eigenvalue weighted by molar-refractivity contribution is -0.150. The van der Waals surface area contributed by atoms with E-state index in [9.17, 15) is 14.3 Å². The fraction of sp³-hybridized carbons (Fsp3) is 0.562. The molecule has 2 aromatic carbocycles. The van der Waals surface area contributed by atoms with Crippen molar-refractivity contribution in [1.82, 2.24) is 9.80 Å². The minimum Gasteiger partial charge on any atom is -0.493 e. The number of halogens is 1. The van der Waals surface area contributed by atoms with Crippen LogP contribution in [0, 0.1) is 11.2 Å². The molecule has 0 aromatic heterocycles. The Morgan fingerprint density at radius 1 is 1.10 bits per heavy atom. The molecule has 3 heterocycles. The number of benzene rings is 2. The Hall–Kier alpha value is -3.33. The van der Waals surface area contributed by atoms with Gasteiger partial charge in [-0.25, -0.2) is 4.39 Å². The van der Waals surface area contributed by atoms with Crippen molar-refractivity contribution in [3.63, 3.8) is 0 Å². The molecule has 8 nitrogen and oxygen atoms in total. The molecular weight excluding hydrogens is 525 g/mol. The van der Waals surface area contributed by atoms with Gasteiger partial charge in [0.05, 0.1) is 25.0 Å². The maximum absolute atomic E-state index is 14.1. The second kappa shape index (κ2) is 10.8. The Balaban J connectivity index is 1.15. The van der Waals surface area contributed by atoms with Gasteiger partial charge in [0.2, 0.25) is 0 Å². The van der Waals surface area contributed by atoms with Gasteiger partial charge in [-0.2, -0.15) is 0 Å². The number of carboxylic acids is 1. The molecule has 2 saturated heterocycles. The fourth-order valence-corrected chi connectivity index (χ4v) is 6.49. The van der Waals surface area contributed by atoms with Crippen molar-refractivity contribution < 1.29 is 28.6 Å². The predicted octanol–water partition coefficient (Wildman–Crippen LogP) is 5.64. The first-order valence-corrected chi connectivity index (χ1v) is 14.9. The van der Waals surface area contributed by atoms with E-state index in [-0.39, 0.29) is 11.4 Å². The second-order valence-corrected chi connectivity index (χ2v) is 12.3. The Labute approximate surface area is 241 Å². The van der Waals surface area contributed by atoms with E-state index in [0.717, 1.165) is 61.6 Å². The molecule has 0 amide bonds. The number of hydrogen-bond donors (Lipinski definition) is 1. The van der Waals surface area contributed by atoms with Crippen LogP contribution >= 0.6 is 0 Å². The topological polar surface area (TPSA) is 83.8 Å². The molecule has 2 aromatic rings. The SMILES string of the molecule is CCOc1cc(F)ccc1-c1c(OCC)cc(CN2CC3(CC(N4CCC(C)(C(=O)O)CC4)=NO3)C2)cc1C1CC1. The maximum atomic E-state index is 14.1. The summed E-state index contributed by atoms with van der Waals surface area (Å²) < 4.78 is 26.2. The molecule has 4 aliphatic rings. The largest absolute Gasteiger partial charge is 0.493 e. The van der Waals surface area contributed by atoms with Crippen LogP contribution in [0.5, 0.6) is 11.5 Å². The smallest absolute Gasteiger partial charge is 0.309 e. The molecule has 9 heteroatoms. The van der Waals surface area contributed by atoms with E-state index in [1.807, 2.05) is 26.8 Å². The molecule has 3 aliphatic heterocycles. The molecule has 1 N–H and O–H groups in total. The fourth-order valence-electron chi connectivity index (χ4n) is 6.49. The van der Waals surface area contributed by atoms with Crippen LogP contribution < -0.4 is 9.47 Å². The molecule has 41 heavy (non-hydrogen) atoms. The minimum absolute atomic E-state index is 0.300. The normalized spacial score (nSPS) is 21.3. The number of ether oxygens (including phenoxy) is 2. The van der Waals surface area contributed by atoms with Crippen LogP contribution in [0.2, 0.25) is 0 Å². The molecule has 1 aliphatic carbocycles. The van der Waals surface area contributed by atoms with E-state index < -0.39 is 11.4 Å². The van der Waals surface area contributed by atoms with E-state index in [1.165, 1.54) is 23.3 Å². The van der Waals surface area contributed by atoms with Gasteiger partial charge in [0.15, 0.2) is 5.60 Å². The summed E-state index contributed by atoms with van der Waals surface area (Å²) in [5.41, 5.74) is 3.37.